The van der Waals surface area contributed by atoms with E-state index >= 15 is 0 Å². The van der Waals surface area contributed by atoms with Crippen molar-refractivity contribution in [3.05, 3.63) is 97.9 Å². The number of benzene rings is 2. The van der Waals surface area contributed by atoms with Crippen LogP contribution in [0.2, 0.25) is 0 Å². The lowest BCUT2D eigenvalue weighted by molar-refractivity contribution is -0.301. The quantitative estimate of drug-likeness (QED) is 0.551. The predicted octanol–water partition coefficient (Wildman–Crippen LogP) is 3.92. The third kappa shape index (κ3) is 3.56. The monoisotopic (exact) mass is 486 g/mol. The molecule has 178 valence electrons. The summed E-state index contributed by atoms with van der Waals surface area (Å²) < 4.78 is 100. The molecule has 2 heterocycles. The summed E-state index contributed by atoms with van der Waals surface area (Å²) >= 11 is 0. The van der Waals surface area contributed by atoms with Crippen LogP contribution in [0.3, 0.4) is 0 Å². The van der Waals surface area contributed by atoms with E-state index in [1.165, 1.54) is 41.4 Å². The minimum atomic E-state index is -6.18. The third-order valence-corrected chi connectivity index (χ3v) is 5.21. The van der Waals surface area contributed by atoms with E-state index in [9.17, 15) is 40.3 Å². The Labute approximate surface area is 185 Å². The fourth-order valence-corrected chi connectivity index (χ4v) is 3.67. The second kappa shape index (κ2) is 7.85. The van der Waals surface area contributed by atoms with Gasteiger partial charge in [-0.1, -0.05) is 42.5 Å². The Morgan fingerprint density at radius 3 is 2.06 bits per heavy atom. The fourth-order valence-electron chi connectivity index (χ4n) is 3.67. The molecule has 0 atom stereocenters. The molecule has 0 saturated heterocycles. The number of rotatable bonds is 3. The first kappa shape index (κ1) is 23.3. The van der Waals surface area contributed by atoms with Crippen LogP contribution >= 0.6 is 0 Å². The van der Waals surface area contributed by atoms with E-state index in [0.29, 0.717) is 10.1 Å². The fraction of sp³-hybridized carbons (Fsp3) is 0.190. The van der Waals surface area contributed by atoms with Crippen LogP contribution < -0.4 is 16.6 Å². The smallest absolute Gasteiger partial charge is 0.325 e. The van der Waals surface area contributed by atoms with Gasteiger partial charge in [-0.3, -0.25) is 14.3 Å². The normalized spacial score (nSPS) is 15.3. The first-order valence-corrected chi connectivity index (χ1v) is 9.53. The Balaban J connectivity index is 2.12. The Morgan fingerprint density at radius 2 is 1.47 bits per heavy atom. The van der Waals surface area contributed by atoms with Gasteiger partial charge in [0.1, 0.15) is 23.0 Å². The number of aromatic amines is 1. The number of amidine groups is 1. The number of H-pyrrole nitrogens is 1. The second-order valence-corrected chi connectivity index (χ2v) is 7.33. The van der Waals surface area contributed by atoms with E-state index < -0.39 is 64.3 Å². The molecule has 0 bridgehead atoms. The lowest BCUT2D eigenvalue weighted by Crippen LogP contribution is -2.59. The maximum Gasteiger partial charge on any atom is 0.427 e. The molecular formula is C21H13F7N4O2. The van der Waals surface area contributed by atoms with Crippen LogP contribution in [0.15, 0.2) is 69.2 Å². The standard InChI is InChI=1S/C21H13F7N4O2/c22-13-9-5-4-8-12(13)15-29-16-14(19(31-15,20(23,24)25)21(26,27)28)17(33)30-18(34)32(16)10-11-6-2-1-3-7-11/h1-9H,10H2,(H,29,31)(H,30,33,34). The summed E-state index contributed by atoms with van der Waals surface area (Å²) in [5.41, 5.74) is -10.5. The maximum absolute atomic E-state index is 14.4. The molecule has 0 saturated carbocycles. The zero-order valence-corrected chi connectivity index (χ0v) is 16.8. The van der Waals surface area contributed by atoms with Crippen LogP contribution in [0.25, 0.3) is 0 Å². The number of fused-ring (bicyclic) bond motifs is 1. The zero-order valence-electron chi connectivity index (χ0n) is 16.8. The third-order valence-electron chi connectivity index (χ3n) is 5.21. The summed E-state index contributed by atoms with van der Waals surface area (Å²) in [6.07, 6.45) is -12.4. The van der Waals surface area contributed by atoms with Crippen molar-refractivity contribution in [1.82, 2.24) is 9.55 Å². The van der Waals surface area contributed by atoms with Crippen molar-refractivity contribution in [3.63, 3.8) is 0 Å². The van der Waals surface area contributed by atoms with Gasteiger partial charge >= 0.3 is 18.0 Å². The summed E-state index contributed by atoms with van der Waals surface area (Å²) in [4.78, 5) is 29.4. The van der Waals surface area contributed by atoms with Crippen LogP contribution in [-0.2, 0) is 12.1 Å². The van der Waals surface area contributed by atoms with Crippen LogP contribution in [0.5, 0.6) is 0 Å². The average molecular weight is 486 g/mol. The number of hydrogen-bond donors (Lipinski definition) is 2. The summed E-state index contributed by atoms with van der Waals surface area (Å²) in [6, 6.07) is 11.7. The molecular weight excluding hydrogens is 473 g/mol. The van der Waals surface area contributed by atoms with Crippen molar-refractivity contribution in [1.29, 1.82) is 0 Å². The molecule has 1 aromatic heterocycles. The number of nitrogens with one attached hydrogen (secondary N) is 2. The van der Waals surface area contributed by atoms with E-state index in [1.807, 2.05) is 0 Å². The molecule has 0 amide bonds. The number of nitrogens with zero attached hydrogens (tertiary/aromatic N) is 2. The van der Waals surface area contributed by atoms with E-state index in [1.54, 1.807) is 6.07 Å². The summed E-state index contributed by atoms with van der Waals surface area (Å²) in [5.74, 6) is -3.41. The van der Waals surface area contributed by atoms with Crippen LogP contribution in [-0.4, -0.2) is 27.7 Å². The molecule has 0 radical (unpaired) electrons. The SMILES string of the molecule is O=c1[nH]c(=O)n(Cc2ccccc2)c2c1C(C(F)(F)F)(C(F)(F)F)N=C(c1ccccc1F)N2. The van der Waals surface area contributed by atoms with Gasteiger partial charge in [0.05, 0.1) is 12.1 Å². The molecule has 0 aliphatic carbocycles. The van der Waals surface area contributed by atoms with Gasteiger partial charge < -0.3 is 5.32 Å². The molecule has 6 nitrogen and oxygen atoms in total. The van der Waals surface area contributed by atoms with Gasteiger partial charge in [0, 0.05) is 0 Å². The van der Waals surface area contributed by atoms with Crippen LogP contribution in [0.1, 0.15) is 16.7 Å². The van der Waals surface area contributed by atoms with E-state index in [-0.39, 0.29) is 0 Å². The van der Waals surface area contributed by atoms with Crippen molar-refractivity contribution in [2.45, 2.75) is 24.4 Å². The highest BCUT2D eigenvalue weighted by Gasteiger charge is 2.75. The molecule has 2 aromatic carbocycles. The Hall–Kier alpha value is -3.90. The van der Waals surface area contributed by atoms with E-state index in [0.717, 1.165) is 12.1 Å². The van der Waals surface area contributed by atoms with Crippen LogP contribution in [0, 0.1) is 5.82 Å². The molecule has 1 aliphatic heterocycles. The molecule has 34 heavy (non-hydrogen) atoms. The number of anilines is 1. The maximum atomic E-state index is 14.4. The highest BCUT2D eigenvalue weighted by atomic mass is 19.4. The van der Waals surface area contributed by atoms with Crippen molar-refractivity contribution in [2.24, 2.45) is 4.99 Å². The molecule has 4 rings (SSSR count). The molecule has 1 aliphatic rings. The largest absolute Gasteiger partial charge is 0.427 e. The van der Waals surface area contributed by atoms with Crippen molar-refractivity contribution in [3.8, 4) is 0 Å². The average Bonchev–Trinajstić information content (AvgIpc) is 2.75. The van der Waals surface area contributed by atoms with Gasteiger partial charge in [0.15, 0.2) is 0 Å². The highest BCUT2D eigenvalue weighted by molar-refractivity contribution is 6.10. The number of aromatic nitrogens is 2. The zero-order chi connectivity index (χ0) is 24.9. The van der Waals surface area contributed by atoms with Gasteiger partial charge in [-0.15, -0.1) is 0 Å². The Morgan fingerprint density at radius 1 is 0.882 bits per heavy atom. The summed E-state index contributed by atoms with van der Waals surface area (Å²) in [6.45, 7) is -0.498. The summed E-state index contributed by atoms with van der Waals surface area (Å²) in [5, 5.41) is 2.18. The van der Waals surface area contributed by atoms with Gasteiger partial charge in [-0.25, -0.2) is 14.2 Å². The molecule has 0 spiro atoms. The molecule has 3 aromatic rings. The van der Waals surface area contributed by atoms with Crippen molar-refractivity contribution < 1.29 is 30.7 Å². The minimum absolute atomic E-state index is 0.334. The number of alkyl halides is 6. The molecule has 2 N–H and O–H groups in total. The number of aliphatic imine (C=N–C) groups is 1. The predicted molar refractivity (Wildman–Crippen MR) is 107 cm³/mol. The lowest BCUT2D eigenvalue weighted by Gasteiger charge is -2.38. The summed E-state index contributed by atoms with van der Waals surface area (Å²) in [7, 11) is 0. The van der Waals surface area contributed by atoms with Crippen molar-refractivity contribution in [2.75, 3.05) is 5.32 Å². The highest BCUT2D eigenvalue weighted by Crippen LogP contribution is 2.55. The Kier molecular flexibility index (Phi) is 5.37. The molecule has 0 unspecified atom stereocenters. The van der Waals surface area contributed by atoms with Gasteiger partial charge in [-0.05, 0) is 17.7 Å². The van der Waals surface area contributed by atoms with Crippen molar-refractivity contribution >= 4 is 11.7 Å². The van der Waals surface area contributed by atoms with E-state index in [4.69, 9.17) is 0 Å². The number of halogens is 7. The van der Waals surface area contributed by atoms with Crippen LogP contribution in [0.4, 0.5) is 36.6 Å². The topological polar surface area (TPSA) is 79.2 Å². The first-order valence-electron chi connectivity index (χ1n) is 9.53. The van der Waals surface area contributed by atoms with E-state index in [2.05, 4.69) is 10.3 Å². The van der Waals surface area contributed by atoms with Gasteiger partial charge in [0.2, 0.25) is 0 Å². The van der Waals surface area contributed by atoms with Gasteiger partial charge in [0.25, 0.3) is 11.1 Å². The van der Waals surface area contributed by atoms with Gasteiger partial charge in [-0.2, -0.15) is 26.3 Å². The Bertz CT molecular complexity index is 1380. The molecule has 0 fully saturated rings. The molecule has 13 heteroatoms. The lowest BCUT2D eigenvalue weighted by atomic mass is 9.87. The number of hydrogen-bond acceptors (Lipinski definition) is 4. The second-order valence-electron chi connectivity index (χ2n) is 7.33. The minimum Gasteiger partial charge on any atom is -0.325 e. The first-order chi connectivity index (χ1) is 15.9.